The van der Waals surface area contributed by atoms with E-state index in [9.17, 15) is 4.79 Å². The SMILES string of the molecule is CCOC(=O)[C@@H]1OCCCC[C@@H]1OC. The predicted molar refractivity (Wildman–Crippen MR) is 51.0 cm³/mol. The standard InChI is InChI=1S/C10H18O4/c1-3-13-10(11)9-8(12-2)6-4-5-7-14-9/h8-9H,3-7H2,1-2H3/t8-,9+/m0/s1. The van der Waals surface area contributed by atoms with Crippen LogP contribution in [0.1, 0.15) is 26.2 Å². The fourth-order valence-corrected chi connectivity index (χ4v) is 1.60. The summed E-state index contributed by atoms with van der Waals surface area (Å²) in [5.41, 5.74) is 0. The van der Waals surface area contributed by atoms with Crippen LogP contribution in [-0.4, -0.2) is 38.5 Å². The highest BCUT2D eigenvalue weighted by Crippen LogP contribution is 2.17. The normalized spacial score (nSPS) is 28.1. The molecule has 4 nitrogen and oxygen atoms in total. The number of hydrogen-bond donors (Lipinski definition) is 0. The van der Waals surface area contributed by atoms with Crippen LogP contribution < -0.4 is 0 Å². The van der Waals surface area contributed by atoms with Crippen LogP contribution in [0.4, 0.5) is 0 Å². The molecule has 1 fully saturated rings. The molecule has 0 saturated carbocycles. The van der Waals surface area contributed by atoms with Crippen LogP contribution in [0.25, 0.3) is 0 Å². The third-order valence-corrected chi connectivity index (χ3v) is 2.34. The van der Waals surface area contributed by atoms with Gasteiger partial charge < -0.3 is 14.2 Å². The molecule has 0 aromatic rings. The Morgan fingerprint density at radius 2 is 2.29 bits per heavy atom. The maximum atomic E-state index is 11.5. The monoisotopic (exact) mass is 202 g/mol. The van der Waals surface area contributed by atoms with Crippen LogP contribution in [-0.2, 0) is 19.0 Å². The molecule has 1 heterocycles. The lowest BCUT2D eigenvalue weighted by molar-refractivity contribution is -0.165. The Balaban J connectivity index is 2.55. The van der Waals surface area contributed by atoms with E-state index in [1.54, 1.807) is 14.0 Å². The van der Waals surface area contributed by atoms with Crippen LogP contribution in [0.15, 0.2) is 0 Å². The molecule has 0 unspecified atom stereocenters. The molecular weight excluding hydrogens is 184 g/mol. The first-order chi connectivity index (χ1) is 6.79. The van der Waals surface area contributed by atoms with E-state index >= 15 is 0 Å². The Morgan fingerprint density at radius 3 is 2.93 bits per heavy atom. The summed E-state index contributed by atoms with van der Waals surface area (Å²) in [5, 5.41) is 0. The van der Waals surface area contributed by atoms with Gasteiger partial charge in [0.25, 0.3) is 0 Å². The second kappa shape index (κ2) is 5.98. The van der Waals surface area contributed by atoms with Crippen molar-refractivity contribution in [1.29, 1.82) is 0 Å². The molecule has 0 spiro atoms. The predicted octanol–water partition coefficient (Wildman–Crippen LogP) is 1.13. The Hall–Kier alpha value is -0.610. The van der Waals surface area contributed by atoms with Crippen molar-refractivity contribution in [2.45, 2.75) is 38.4 Å². The average Bonchev–Trinajstić information content (AvgIpc) is 2.42. The van der Waals surface area contributed by atoms with Gasteiger partial charge in [-0.3, -0.25) is 0 Å². The maximum Gasteiger partial charge on any atom is 0.337 e. The van der Waals surface area contributed by atoms with Gasteiger partial charge >= 0.3 is 5.97 Å². The first kappa shape index (κ1) is 11.5. The van der Waals surface area contributed by atoms with Gasteiger partial charge in [-0.15, -0.1) is 0 Å². The zero-order valence-electron chi connectivity index (χ0n) is 8.82. The number of ether oxygens (including phenoxy) is 3. The lowest BCUT2D eigenvalue weighted by atomic mass is 10.1. The van der Waals surface area contributed by atoms with Crippen molar-refractivity contribution in [2.24, 2.45) is 0 Å². The molecule has 4 heteroatoms. The molecule has 14 heavy (non-hydrogen) atoms. The third-order valence-electron chi connectivity index (χ3n) is 2.34. The second-order valence-corrected chi connectivity index (χ2v) is 3.31. The summed E-state index contributed by atoms with van der Waals surface area (Å²) >= 11 is 0. The van der Waals surface area contributed by atoms with Gasteiger partial charge in [0.05, 0.1) is 12.7 Å². The van der Waals surface area contributed by atoms with Crippen molar-refractivity contribution in [3.05, 3.63) is 0 Å². The molecule has 0 amide bonds. The maximum absolute atomic E-state index is 11.5. The van der Waals surface area contributed by atoms with Crippen molar-refractivity contribution in [2.75, 3.05) is 20.3 Å². The van der Waals surface area contributed by atoms with Gasteiger partial charge in [0.2, 0.25) is 0 Å². The van der Waals surface area contributed by atoms with E-state index in [2.05, 4.69) is 0 Å². The number of esters is 1. The zero-order valence-corrected chi connectivity index (χ0v) is 8.82. The third kappa shape index (κ3) is 2.96. The second-order valence-electron chi connectivity index (χ2n) is 3.31. The van der Waals surface area contributed by atoms with Crippen LogP contribution in [0, 0.1) is 0 Å². The average molecular weight is 202 g/mol. The summed E-state index contributed by atoms with van der Waals surface area (Å²) in [6, 6.07) is 0. The van der Waals surface area contributed by atoms with Crippen molar-refractivity contribution in [3.8, 4) is 0 Å². The Labute approximate surface area is 84.5 Å². The summed E-state index contributed by atoms with van der Waals surface area (Å²) < 4.78 is 15.6. The van der Waals surface area contributed by atoms with Gasteiger partial charge in [-0.2, -0.15) is 0 Å². The van der Waals surface area contributed by atoms with E-state index in [4.69, 9.17) is 14.2 Å². The highest BCUT2D eigenvalue weighted by atomic mass is 16.6. The number of carbonyl (C=O) groups is 1. The van der Waals surface area contributed by atoms with Crippen LogP contribution in [0.5, 0.6) is 0 Å². The minimum atomic E-state index is -0.539. The number of rotatable bonds is 3. The quantitative estimate of drug-likeness (QED) is 0.644. The summed E-state index contributed by atoms with van der Waals surface area (Å²) in [4.78, 5) is 11.5. The van der Waals surface area contributed by atoms with Gasteiger partial charge in [0, 0.05) is 13.7 Å². The van der Waals surface area contributed by atoms with E-state index in [0.29, 0.717) is 13.2 Å². The first-order valence-corrected chi connectivity index (χ1v) is 5.10. The van der Waals surface area contributed by atoms with E-state index in [1.165, 1.54) is 0 Å². The fraction of sp³-hybridized carbons (Fsp3) is 0.900. The molecule has 0 aliphatic carbocycles. The molecule has 2 atom stereocenters. The highest BCUT2D eigenvalue weighted by molar-refractivity contribution is 5.75. The number of carbonyl (C=O) groups excluding carboxylic acids is 1. The smallest absolute Gasteiger partial charge is 0.337 e. The fourth-order valence-electron chi connectivity index (χ4n) is 1.60. The van der Waals surface area contributed by atoms with E-state index in [-0.39, 0.29) is 12.1 Å². The van der Waals surface area contributed by atoms with E-state index in [1.807, 2.05) is 0 Å². The van der Waals surface area contributed by atoms with Crippen molar-refractivity contribution in [3.63, 3.8) is 0 Å². The minimum absolute atomic E-state index is 0.156. The molecule has 82 valence electrons. The molecule has 1 saturated heterocycles. The summed E-state index contributed by atoms with van der Waals surface area (Å²) in [6.07, 6.45) is 2.18. The molecular formula is C10H18O4. The molecule has 1 aliphatic rings. The highest BCUT2D eigenvalue weighted by Gasteiger charge is 2.31. The van der Waals surface area contributed by atoms with Gasteiger partial charge in [0.15, 0.2) is 6.10 Å². The van der Waals surface area contributed by atoms with Gasteiger partial charge in [-0.05, 0) is 26.2 Å². The molecule has 0 radical (unpaired) electrons. The van der Waals surface area contributed by atoms with Crippen LogP contribution in [0.3, 0.4) is 0 Å². The van der Waals surface area contributed by atoms with Crippen LogP contribution >= 0.6 is 0 Å². The molecule has 0 bridgehead atoms. The van der Waals surface area contributed by atoms with Crippen molar-refractivity contribution < 1.29 is 19.0 Å². The van der Waals surface area contributed by atoms with Gasteiger partial charge in [-0.25, -0.2) is 4.79 Å². The van der Waals surface area contributed by atoms with Gasteiger partial charge in [-0.1, -0.05) is 0 Å². The lowest BCUT2D eigenvalue weighted by Gasteiger charge is -2.21. The van der Waals surface area contributed by atoms with Gasteiger partial charge in [0.1, 0.15) is 0 Å². The lowest BCUT2D eigenvalue weighted by Crippen LogP contribution is -2.38. The summed E-state index contributed by atoms with van der Waals surface area (Å²) in [6.45, 7) is 2.79. The summed E-state index contributed by atoms with van der Waals surface area (Å²) in [7, 11) is 1.60. The largest absolute Gasteiger partial charge is 0.464 e. The molecule has 1 rings (SSSR count). The topological polar surface area (TPSA) is 44.8 Å². The Morgan fingerprint density at radius 1 is 1.50 bits per heavy atom. The van der Waals surface area contributed by atoms with Crippen molar-refractivity contribution >= 4 is 5.97 Å². The van der Waals surface area contributed by atoms with Crippen molar-refractivity contribution in [1.82, 2.24) is 0 Å². The Kier molecular flexibility index (Phi) is 4.90. The number of methoxy groups -OCH3 is 1. The summed E-state index contributed by atoms with van der Waals surface area (Å²) in [5.74, 6) is -0.304. The van der Waals surface area contributed by atoms with E-state index in [0.717, 1.165) is 19.3 Å². The number of hydrogen-bond acceptors (Lipinski definition) is 4. The first-order valence-electron chi connectivity index (χ1n) is 5.10. The zero-order chi connectivity index (χ0) is 10.4. The molecule has 0 aromatic carbocycles. The minimum Gasteiger partial charge on any atom is -0.464 e. The molecule has 0 N–H and O–H groups in total. The Bertz CT molecular complexity index is 181. The van der Waals surface area contributed by atoms with E-state index < -0.39 is 6.10 Å². The van der Waals surface area contributed by atoms with Crippen LogP contribution in [0.2, 0.25) is 0 Å². The molecule has 0 aromatic heterocycles. The molecule has 1 aliphatic heterocycles.